The van der Waals surface area contributed by atoms with Crippen molar-refractivity contribution in [1.29, 1.82) is 0 Å². The Hall–Kier alpha value is -2.93. The van der Waals surface area contributed by atoms with E-state index in [9.17, 15) is 4.79 Å². The number of amides is 1. The van der Waals surface area contributed by atoms with Crippen molar-refractivity contribution < 1.29 is 9.53 Å². The van der Waals surface area contributed by atoms with Gasteiger partial charge in [0.25, 0.3) is 5.91 Å². The van der Waals surface area contributed by atoms with Gasteiger partial charge in [0, 0.05) is 61.2 Å². The van der Waals surface area contributed by atoms with Gasteiger partial charge in [-0.1, -0.05) is 25.1 Å². The molecule has 0 spiro atoms. The zero-order valence-corrected chi connectivity index (χ0v) is 22.9. The molecule has 0 bridgehead atoms. The van der Waals surface area contributed by atoms with Crippen molar-refractivity contribution in [2.75, 3.05) is 44.1 Å². The molecule has 2 aliphatic heterocycles. The van der Waals surface area contributed by atoms with Gasteiger partial charge in [0.2, 0.25) is 0 Å². The second-order valence-electron chi connectivity index (χ2n) is 10.2. The Morgan fingerprint density at radius 3 is 2.62 bits per heavy atom. The predicted molar refractivity (Wildman–Crippen MR) is 155 cm³/mol. The standard InChI is InChI=1S/C31H37N3O2S/c1-4-22-17-30(37-21-22)24-7-10-29-26(18-24)19-25(11-14-33(29)2)31(35)32-27-8-5-23(6-9-27)20-34(3)28-12-15-36-16-13-28/h5-10,17-19,21,28H,4,11-16,20H2,1-3H3,(H,32,35). The highest BCUT2D eigenvalue weighted by atomic mass is 32.1. The van der Waals surface area contributed by atoms with E-state index < -0.39 is 0 Å². The van der Waals surface area contributed by atoms with Crippen LogP contribution in [0.4, 0.5) is 11.4 Å². The SMILES string of the molecule is CCc1csc(-c2ccc3c(c2)C=C(C(=O)Nc2ccc(CN(C)C4CCOCC4)cc2)CCN3C)c1. The molecule has 0 saturated carbocycles. The number of carbonyl (C=O) groups is 1. The number of rotatable bonds is 7. The molecule has 194 valence electrons. The van der Waals surface area contributed by atoms with E-state index in [0.29, 0.717) is 12.5 Å². The topological polar surface area (TPSA) is 44.8 Å². The zero-order valence-electron chi connectivity index (χ0n) is 22.1. The number of nitrogens with zero attached hydrogens (tertiary/aromatic N) is 2. The van der Waals surface area contributed by atoms with E-state index >= 15 is 0 Å². The van der Waals surface area contributed by atoms with Crippen LogP contribution in [0.3, 0.4) is 0 Å². The Morgan fingerprint density at radius 1 is 1.11 bits per heavy atom. The van der Waals surface area contributed by atoms with E-state index in [0.717, 1.165) is 68.1 Å². The van der Waals surface area contributed by atoms with Gasteiger partial charge in [-0.2, -0.15) is 0 Å². The molecular formula is C31H37N3O2S. The molecule has 37 heavy (non-hydrogen) atoms. The molecule has 0 atom stereocenters. The number of anilines is 2. The summed E-state index contributed by atoms with van der Waals surface area (Å²) in [4.78, 5) is 19.2. The predicted octanol–water partition coefficient (Wildman–Crippen LogP) is 6.45. The van der Waals surface area contributed by atoms with Crippen LogP contribution in [0.2, 0.25) is 0 Å². The largest absolute Gasteiger partial charge is 0.381 e. The summed E-state index contributed by atoms with van der Waals surface area (Å²) >= 11 is 1.78. The second kappa shape index (κ2) is 11.6. The molecule has 0 unspecified atom stereocenters. The third-order valence-corrected chi connectivity index (χ3v) is 8.61. The van der Waals surface area contributed by atoms with E-state index in [1.165, 1.54) is 21.6 Å². The Labute approximate surface area is 224 Å². The maximum atomic E-state index is 13.3. The van der Waals surface area contributed by atoms with Crippen LogP contribution in [0, 0.1) is 0 Å². The highest BCUT2D eigenvalue weighted by molar-refractivity contribution is 7.13. The van der Waals surface area contributed by atoms with Crippen LogP contribution >= 0.6 is 11.3 Å². The summed E-state index contributed by atoms with van der Waals surface area (Å²) in [6, 6.07) is 17.7. The quantitative estimate of drug-likeness (QED) is 0.393. The first-order valence-corrected chi connectivity index (χ1v) is 14.2. The lowest BCUT2D eigenvalue weighted by molar-refractivity contribution is -0.112. The third-order valence-electron chi connectivity index (χ3n) is 7.58. The van der Waals surface area contributed by atoms with Gasteiger partial charge < -0.3 is 15.0 Å². The minimum atomic E-state index is -0.0249. The lowest BCUT2D eigenvalue weighted by Crippen LogP contribution is -2.36. The van der Waals surface area contributed by atoms with Crippen LogP contribution in [0.25, 0.3) is 16.5 Å². The molecule has 1 saturated heterocycles. The highest BCUT2D eigenvalue weighted by Crippen LogP contribution is 2.34. The first-order chi connectivity index (χ1) is 18.0. The molecule has 1 amide bonds. The molecule has 1 aromatic heterocycles. The zero-order chi connectivity index (χ0) is 25.8. The molecule has 1 fully saturated rings. The molecule has 3 aromatic rings. The van der Waals surface area contributed by atoms with Gasteiger partial charge >= 0.3 is 0 Å². The molecule has 1 N–H and O–H groups in total. The highest BCUT2D eigenvalue weighted by Gasteiger charge is 2.20. The van der Waals surface area contributed by atoms with Crippen LogP contribution in [0.15, 0.2) is 59.5 Å². The maximum absolute atomic E-state index is 13.3. The van der Waals surface area contributed by atoms with Crippen LogP contribution in [-0.4, -0.2) is 50.7 Å². The Balaban J connectivity index is 1.28. The average molecular weight is 516 g/mol. The molecule has 0 aliphatic carbocycles. The van der Waals surface area contributed by atoms with Crippen molar-refractivity contribution in [1.82, 2.24) is 4.90 Å². The van der Waals surface area contributed by atoms with Crippen molar-refractivity contribution >= 4 is 34.7 Å². The molecule has 5 rings (SSSR count). The van der Waals surface area contributed by atoms with Gasteiger partial charge in [0.05, 0.1) is 0 Å². The lowest BCUT2D eigenvalue weighted by Gasteiger charge is -2.31. The Bertz CT molecular complexity index is 1260. The van der Waals surface area contributed by atoms with Crippen LogP contribution in [0.1, 0.15) is 42.9 Å². The number of fused-ring (bicyclic) bond motifs is 1. The van der Waals surface area contributed by atoms with Crippen molar-refractivity contribution in [2.45, 2.75) is 45.2 Å². The number of hydrogen-bond acceptors (Lipinski definition) is 5. The summed E-state index contributed by atoms with van der Waals surface area (Å²) < 4.78 is 5.49. The summed E-state index contributed by atoms with van der Waals surface area (Å²) in [5, 5.41) is 5.36. The first kappa shape index (κ1) is 25.7. The average Bonchev–Trinajstić information content (AvgIpc) is 3.35. The smallest absolute Gasteiger partial charge is 0.251 e. The monoisotopic (exact) mass is 515 g/mol. The Morgan fingerprint density at radius 2 is 1.89 bits per heavy atom. The molecule has 3 heterocycles. The number of ether oxygens (including phenoxy) is 1. The molecule has 6 heteroatoms. The molecule has 0 radical (unpaired) electrons. The molecule has 2 aromatic carbocycles. The summed E-state index contributed by atoms with van der Waals surface area (Å²) in [6.07, 6.45) is 6.00. The van der Waals surface area contributed by atoms with Gasteiger partial charge in [0.15, 0.2) is 0 Å². The fourth-order valence-corrected chi connectivity index (χ4v) is 6.17. The number of aryl methyl sites for hydroxylation is 1. The van der Waals surface area contributed by atoms with Gasteiger partial charge in [-0.25, -0.2) is 0 Å². The van der Waals surface area contributed by atoms with Crippen LogP contribution in [0.5, 0.6) is 0 Å². The van der Waals surface area contributed by atoms with E-state index in [4.69, 9.17) is 4.74 Å². The normalized spacial score (nSPS) is 16.3. The fourth-order valence-electron chi connectivity index (χ4n) is 5.18. The number of benzene rings is 2. The van der Waals surface area contributed by atoms with Gasteiger partial charge in [-0.05, 0) is 96.8 Å². The van der Waals surface area contributed by atoms with E-state index in [1.807, 2.05) is 12.1 Å². The minimum Gasteiger partial charge on any atom is -0.381 e. The Kier molecular flexibility index (Phi) is 8.08. The third kappa shape index (κ3) is 6.15. The summed E-state index contributed by atoms with van der Waals surface area (Å²) in [7, 11) is 4.29. The lowest BCUT2D eigenvalue weighted by atomic mass is 10.0. The van der Waals surface area contributed by atoms with Crippen molar-refractivity contribution in [3.8, 4) is 10.4 Å². The van der Waals surface area contributed by atoms with Crippen LogP contribution in [-0.2, 0) is 22.5 Å². The number of hydrogen-bond donors (Lipinski definition) is 1. The van der Waals surface area contributed by atoms with Gasteiger partial charge in [-0.3, -0.25) is 9.69 Å². The first-order valence-electron chi connectivity index (χ1n) is 13.3. The molecule has 5 nitrogen and oxygen atoms in total. The van der Waals surface area contributed by atoms with Gasteiger partial charge in [-0.15, -0.1) is 11.3 Å². The van der Waals surface area contributed by atoms with E-state index in [-0.39, 0.29) is 5.91 Å². The maximum Gasteiger partial charge on any atom is 0.251 e. The minimum absolute atomic E-state index is 0.0249. The summed E-state index contributed by atoms with van der Waals surface area (Å²) in [6.45, 7) is 5.60. The van der Waals surface area contributed by atoms with Gasteiger partial charge in [0.1, 0.15) is 0 Å². The van der Waals surface area contributed by atoms with Crippen molar-refractivity contribution in [3.63, 3.8) is 0 Å². The fraction of sp³-hybridized carbons (Fsp3) is 0.387. The number of nitrogens with one attached hydrogen (secondary N) is 1. The van der Waals surface area contributed by atoms with Crippen LogP contribution < -0.4 is 10.2 Å². The number of thiophene rings is 1. The second-order valence-corrected chi connectivity index (χ2v) is 11.1. The number of carbonyl (C=O) groups excluding carboxylic acids is 1. The molecule has 2 aliphatic rings. The summed E-state index contributed by atoms with van der Waals surface area (Å²) in [5.41, 5.74) is 7.73. The van der Waals surface area contributed by atoms with E-state index in [2.05, 4.69) is 84.0 Å². The van der Waals surface area contributed by atoms with E-state index in [1.54, 1.807) is 11.3 Å². The summed E-state index contributed by atoms with van der Waals surface area (Å²) in [5.74, 6) is -0.0249. The molecular weight excluding hydrogens is 478 g/mol. The van der Waals surface area contributed by atoms with Crippen molar-refractivity contribution in [2.24, 2.45) is 0 Å². The van der Waals surface area contributed by atoms with Crippen molar-refractivity contribution in [3.05, 3.63) is 76.2 Å².